The van der Waals surface area contributed by atoms with Crippen LogP contribution in [-0.4, -0.2) is 12.6 Å². The Morgan fingerprint density at radius 2 is 1.64 bits per heavy atom. The molecule has 0 N–H and O–H groups in total. The molecule has 0 spiro atoms. The van der Waals surface area contributed by atoms with E-state index >= 15 is 0 Å². The Bertz CT molecular complexity index is 621. The Morgan fingerprint density at radius 3 is 2.27 bits per heavy atom. The van der Waals surface area contributed by atoms with Gasteiger partial charge in [0.25, 0.3) is 0 Å². The lowest BCUT2D eigenvalue weighted by molar-refractivity contribution is -0.274. The lowest BCUT2D eigenvalue weighted by atomic mass is 10.1. The van der Waals surface area contributed by atoms with Crippen LogP contribution in [0.2, 0.25) is 0 Å². The van der Waals surface area contributed by atoms with E-state index in [1.807, 2.05) is 6.07 Å². The van der Waals surface area contributed by atoms with Crippen LogP contribution in [0.3, 0.4) is 0 Å². The first-order chi connectivity index (χ1) is 10.5. The first-order valence-corrected chi connectivity index (χ1v) is 6.43. The number of hydrogen-bond acceptors (Lipinski definition) is 3. The maximum absolute atomic E-state index is 12.0. The molecule has 0 aromatic heterocycles. The summed E-state index contributed by atoms with van der Waals surface area (Å²) in [6.45, 7) is 0.556. The van der Waals surface area contributed by atoms with Gasteiger partial charge in [0.2, 0.25) is 0 Å². The Balaban J connectivity index is 1.85. The van der Waals surface area contributed by atoms with Gasteiger partial charge in [-0.2, -0.15) is 0 Å². The van der Waals surface area contributed by atoms with E-state index in [9.17, 15) is 18.0 Å². The van der Waals surface area contributed by atoms with Crippen molar-refractivity contribution in [3.05, 3.63) is 65.2 Å². The first kappa shape index (κ1) is 16.0. The summed E-state index contributed by atoms with van der Waals surface area (Å²) in [6, 6.07) is 12.5. The van der Waals surface area contributed by atoms with Gasteiger partial charge in [-0.1, -0.05) is 30.3 Å². The minimum atomic E-state index is -4.69. The van der Waals surface area contributed by atoms with Crippen molar-refractivity contribution in [1.82, 2.24) is 0 Å². The standard InChI is InChI=1S/C16H13F3O3/c17-16(18,19)22-15-6-4-12(5-7-15)10-21-11-14-3-1-2-13(8-14)9-20/h1-9H,10-11H2. The van der Waals surface area contributed by atoms with Crippen LogP contribution in [0.1, 0.15) is 21.5 Å². The molecule has 0 saturated heterocycles. The molecule has 0 aliphatic rings. The molecule has 0 radical (unpaired) electrons. The number of halogens is 3. The lowest BCUT2D eigenvalue weighted by Crippen LogP contribution is -2.17. The highest BCUT2D eigenvalue weighted by atomic mass is 19.4. The average molecular weight is 310 g/mol. The molecule has 0 amide bonds. The first-order valence-electron chi connectivity index (χ1n) is 6.43. The van der Waals surface area contributed by atoms with Crippen LogP contribution in [-0.2, 0) is 18.0 Å². The van der Waals surface area contributed by atoms with Crippen molar-refractivity contribution in [3.63, 3.8) is 0 Å². The van der Waals surface area contributed by atoms with Gasteiger partial charge in [0.1, 0.15) is 12.0 Å². The number of rotatable bonds is 6. The Labute approximate surface area is 125 Å². The maximum Gasteiger partial charge on any atom is 0.573 e. The molecule has 0 aliphatic heterocycles. The fourth-order valence-corrected chi connectivity index (χ4v) is 1.83. The summed E-state index contributed by atoms with van der Waals surface area (Å²) < 4.78 is 45.3. The molecule has 0 aliphatic carbocycles. The van der Waals surface area contributed by atoms with Crippen molar-refractivity contribution in [2.75, 3.05) is 0 Å². The van der Waals surface area contributed by atoms with E-state index in [0.717, 1.165) is 17.4 Å². The predicted molar refractivity (Wildman–Crippen MR) is 73.4 cm³/mol. The molecule has 2 rings (SSSR count). The van der Waals surface area contributed by atoms with E-state index in [1.165, 1.54) is 24.3 Å². The molecular weight excluding hydrogens is 297 g/mol. The Morgan fingerprint density at radius 1 is 0.955 bits per heavy atom. The van der Waals surface area contributed by atoms with Gasteiger partial charge in [-0.25, -0.2) is 0 Å². The number of carbonyl (C=O) groups excluding carboxylic acids is 1. The second-order valence-corrected chi connectivity index (χ2v) is 4.55. The molecule has 0 fully saturated rings. The van der Waals surface area contributed by atoms with Gasteiger partial charge in [0.15, 0.2) is 0 Å². The highest BCUT2D eigenvalue weighted by Crippen LogP contribution is 2.23. The fourth-order valence-electron chi connectivity index (χ4n) is 1.83. The molecule has 0 heterocycles. The van der Waals surface area contributed by atoms with Gasteiger partial charge < -0.3 is 9.47 Å². The summed E-state index contributed by atoms with van der Waals surface area (Å²) in [5.41, 5.74) is 2.14. The number of aldehydes is 1. The summed E-state index contributed by atoms with van der Waals surface area (Å²) in [5.74, 6) is -0.269. The van der Waals surface area contributed by atoms with Crippen LogP contribution in [0.4, 0.5) is 13.2 Å². The van der Waals surface area contributed by atoms with E-state index in [4.69, 9.17) is 4.74 Å². The van der Waals surface area contributed by atoms with Crippen LogP contribution in [0.5, 0.6) is 5.75 Å². The number of ether oxygens (including phenoxy) is 2. The van der Waals surface area contributed by atoms with E-state index in [1.54, 1.807) is 18.2 Å². The van der Waals surface area contributed by atoms with Crippen LogP contribution in [0, 0.1) is 0 Å². The molecule has 116 valence electrons. The minimum absolute atomic E-state index is 0.248. The third-order valence-electron chi connectivity index (χ3n) is 2.78. The lowest BCUT2D eigenvalue weighted by Gasteiger charge is -2.09. The van der Waals surface area contributed by atoms with E-state index < -0.39 is 6.36 Å². The van der Waals surface area contributed by atoms with Crippen molar-refractivity contribution in [3.8, 4) is 5.75 Å². The molecule has 0 atom stereocenters. The largest absolute Gasteiger partial charge is 0.573 e. The second-order valence-electron chi connectivity index (χ2n) is 4.55. The molecule has 6 heteroatoms. The van der Waals surface area contributed by atoms with Gasteiger partial charge in [0.05, 0.1) is 13.2 Å². The monoisotopic (exact) mass is 310 g/mol. The maximum atomic E-state index is 12.0. The summed E-state index contributed by atoms with van der Waals surface area (Å²) >= 11 is 0. The van der Waals surface area contributed by atoms with Gasteiger partial charge in [0, 0.05) is 5.56 Å². The molecule has 0 unspecified atom stereocenters. The summed E-state index contributed by atoms with van der Waals surface area (Å²) in [6.07, 6.45) is -3.94. The fraction of sp³-hybridized carbons (Fsp3) is 0.188. The van der Waals surface area contributed by atoms with Crippen LogP contribution < -0.4 is 4.74 Å². The zero-order valence-corrected chi connectivity index (χ0v) is 11.5. The molecule has 0 saturated carbocycles. The summed E-state index contributed by atoms with van der Waals surface area (Å²) in [7, 11) is 0. The highest BCUT2D eigenvalue weighted by Gasteiger charge is 2.30. The Kier molecular flexibility index (Phi) is 5.16. The molecule has 2 aromatic rings. The second kappa shape index (κ2) is 7.09. The molecule has 22 heavy (non-hydrogen) atoms. The molecular formula is C16H13F3O3. The van der Waals surface area contributed by atoms with Gasteiger partial charge in [-0.05, 0) is 29.3 Å². The topological polar surface area (TPSA) is 35.5 Å². The van der Waals surface area contributed by atoms with E-state index in [-0.39, 0.29) is 12.4 Å². The number of benzene rings is 2. The van der Waals surface area contributed by atoms with Gasteiger partial charge in [-0.15, -0.1) is 13.2 Å². The van der Waals surface area contributed by atoms with Crippen molar-refractivity contribution in [2.24, 2.45) is 0 Å². The van der Waals surface area contributed by atoms with Crippen LogP contribution in [0.25, 0.3) is 0 Å². The predicted octanol–water partition coefficient (Wildman–Crippen LogP) is 4.11. The summed E-state index contributed by atoms with van der Waals surface area (Å²) in [4.78, 5) is 10.7. The quantitative estimate of drug-likeness (QED) is 0.753. The zero-order chi connectivity index (χ0) is 16.0. The van der Waals surface area contributed by atoms with Gasteiger partial charge >= 0.3 is 6.36 Å². The normalized spacial score (nSPS) is 11.2. The van der Waals surface area contributed by atoms with E-state index in [0.29, 0.717) is 12.2 Å². The Hall–Kier alpha value is -2.34. The number of alkyl halides is 3. The third kappa shape index (κ3) is 5.21. The molecule has 2 aromatic carbocycles. The van der Waals surface area contributed by atoms with Crippen LogP contribution >= 0.6 is 0 Å². The smallest absolute Gasteiger partial charge is 0.406 e. The molecule has 3 nitrogen and oxygen atoms in total. The number of carbonyl (C=O) groups is 1. The van der Waals surface area contributed by atoms with Gasteiger partial charge in [-0.3, -0.25) is 4.79 Å². The minimum Gasteiger partial charge on any atom is -0.406 e. The van der Waals surface area contributed by atoms with Crippen LogP contribution in [0.15, 0.2) is 48.5 Å². The SMILES string of the molecule is O=Cc1cccc(COCc2ccc(OC(F)(F)F)cc2)c1. The number of hydrogen-bond donors (Lipinski definition) is 0. The third-order valence-corrected chi connectivity index (χ3v) is 2.78. The highest BCUT2D eigenvalue weighted by molar-refractivity contribution is 5.74. The van der Waals surface area contributed by atoms with E-state index in [2.05, 4.69) is 4.74 Å². The molecule has 0 bridgehead atoms. The summed E-state index contributed by atoms with van der Waals surface area (Å²) in [5, 5.41) is 0. The average Bonchev–Trinajstić information content (AvgIpc) is 2.48. The van der Waals surface area contributed by atoms with Crippen molar-refractivity contribution < 1.29 is 27.4 Å². The van der Waals surface area contributed by atoms with Crippen molar-refractivity contribution in [2.45, 2.75) is 19.6 Å². The van der Waals surface area contributed by atoms with Crippen molar-refractivity contribution >= 4 is 6.29 Å². The van der Waals surface area contributed by atoms with Crippen molar-refractivity contribution in [1.29, 1.82) is 0 Å². The zero-order valence-electron chi connectivity index (χ0n) is 11.5.